The van der Waals surface area contributed by atoms with Crippen molar-refractivity contribution in [3.05, 3.63) is 98.7 Å². The summed E-state index contributed by atoms with van der Waals surface area (Å²) in [5.74, 6) is 2.29. The van der Waals surface area contributed by atoms with E-state index in [0.717, 1.165) is 28.1 Å². The second kappa shape index (κ2) is 13.1. The zero-order valence-corrected chi connectivity index (χ0v) is 28.5. The SMILES string of the molecule is CCSc1nc2n(n1)C(c1cc(Br)c(OCc3ccc(C(C)(C)C)cc3)c(OC)c1)C(C(=O)Nc1cccc(C)c1)=C(C)N2. The molecule has 8 nitrogen and oxygen atoms in total. The fraction of sp³-hybridized carbons (Fsp3) is 0.324. The van der Waals surface area contributed by atoms with Crippen LogP contribution in [-0.2, 0) is 16.8 Å². The fourth-order valence-electron chi connectivity index (χ4n) is 5.14. The monoisotopic (exact) mass is 675 g/mol. The number of ether oxygens (including phenoxy) is 2. The van der Waals surface area contributed by atoms with Gasteiger partial charge >= 0.3 is 0 Å². The third kappa shape index (κ3) is 6.81. The first-order chi connectivity index (χ1) is 21.0. The number of fused-ring (bicyclic) bond motifs is 1. The molecule has 1 amide bonds. The Labute approximate surface area is 271 Å². The van der Waals surface area contributed by atoms with Crippen molar-refractivity contribution < 1.29 is 14.3 Å². The maximum absolute atomic E-state index is 13.9. The summed E-state index contributed by atoms with van der Waals surface area (Å²) in [6.07, 6.45) is 0. The van der Waals surface area contributed by atoms with Crippen LogP contribution in [0.1, 0.15) is 62.9 Å². The zero-order valence-electron chi connectivity index (χ0n) is 26.1. The van der Waals surface area contributed by atoms with Crippen molar-refractivity contribution in [1.82, 2.24) is 14.8 Å². The summed E-state index contributed by atoms with van der Waals surface area (Å²) in [6.45, 7) is 12.9. The highest BCUT2D eigenvalue weighted by atomic mass is 79.9. The van der Waals surface area contributed by atoms with E-state index in [1.54, 1.807) is 23.6 Å². The molecule has 1 atom stereocenters. The van der Waals surface area contributed by atoms with Gasteiger partial charge in [0.2, 0.25) is 11.1 Å². The van der Waals surface area contributed by atoms with E-state index in [2.05, 4.69) is 78.5 Å². The van der Waals surface area contributed by atoms with Gasteiger partial charge in [-0.05, 0) is 87.5 Å². The Bertz CT molecular complexity index is 1710. The number of thioether (sulfide) groups is 1. The summed E-state index contributed by atoms with van der Waals surface area (Å²) in [5, 5.41) is 11.8. The number of benzene rings is 3. The predicted octanol–water partition coefficient (Wildman–Crippen LogP) is 8.27. The molecule has 0 spiro atoms. The van der Waals surface area contributed by atoms with E-state index in [0.29, 0.717) is 45.0 Å². The molecule has 0 radical (unpaired) electrons. The van der Waals surface area contributed by atoms with Crippen molar-refractivity contribution in [3.63, 3.8) is 0 Å². The molecule has 0 saturated carbocycles. The Morgan fingerprint density at radius 1 is 1.11 bits per heavy atom. The third-order valence-electron chi connectivity index (χ3n) is 7.40. The standard InChI is InChI=1S/C34H38BrN5O3S/c1-8-44-33-38-32-36-21(3)28(31(41)37-25-11-9-10-20(2)16-25)29(40(32)39-33)23-17-26(35)30(27(18-23)42-7)43-19-22-12-14-24(15-13-22)34(4,5)6/h9-18,29H,8,19H2,1-7H3,(H,37,41)(H,36,38,39). The van der Waals surface area contributed by atoms with Crippen molar-refractivity contribution in [2.45, 2.75) is 64.8 Å². The number of carbonyl (C=O) groups is 1. The van der Waals surface area contributed by atoms with Crippen LogP contribution in [0.15, 0.2) is 81.6 Å². The summed E-state index contributed by atoms with van der Waals surface area (Å²) >= 11 is 5.28. The Balaban J connectivity index is 1.51. The van der Waals surface area contributed by atoms with Gasteiger partial charge in [0.25, 0.3) is 5.91 Å². The van der Waals surface area contributed by atoms with E-state index >= 15 is 0 Å². The first kappa shape index (κ1) is 31.7. The van der Waals surface area contributed by atoms with E-state index in [9.17, 15) is 4.79 Å². The Kier molecular flexibility index (Phi) is 9.41. The molecule has 10 heteroatoms. The molecule has 1 unspecified atom stereocenters. The van der Waals surface area contributed by atoms with Gasteiger partial charge in [-0.15, -0.1) is 5.10 Å². The molecule has 1 aliphatic rings. The number of aryl methyl sites for hydroxylation is 1. The number of amides is 1. The summed E-state index contributed by atoms with van der Waals surface area (Å²) < 4.78 is 14.6. The second-order valence-electron chi connectivity index (χ2n) is 11.8. The molecule has 2 heterocycles. The van der Waals surface area contributed by atoms with Crippen molar-refractivity contribution >= 4 is 45.2 Å². The number of hydrogen-bond donors (Lipinski definition) is 2. The third-order valence-corrected chi connectivity index (χ3v) is 8.71. The van der Waals surface area contributed by atoms with Gasteiger partial charge in [0.15, 0.2) is 11.5 Å². The lowest BCUT2D eigenvalue weighted by Crippen LogP contribution is -2.31. The molecule has 44 heavy (non-hydrogen) atoms. The van der Waals surface area contributed by atoms with Gasteiger partial charge in [0.1, 0.15) is 12.6 Å². The van der Waals surface area contributed by atoms with E-state index < -0.39 is 6.04 Å². The van der Waals surface area contributed by atoms with Crippen LogP contribution < -0.4 is 20.1 Å². The highest BCUT2D eigenvalue weighted by Crippen LogP contribution is 2.43. The Hall–Kier alpha value is -3.76. The highest BCUT2D eigenvalue weighted by molar-refractivity contribution is 9.10. The van der Waals surface area contributed by atoms with Crippen LogP contribution in [-0.4, -0.2) is 33.5 Å². The molecular formula is C34H38BrN5O3S. The van der Waals surface area contributed by atoms with E-state index in [1.165, 1.54) is 5.56 Å². The Morgan fingerprint density at radius 2 is 1.86 bits per heavy atom. The lowest BCUT2D eigenvalue weighted by molar-refractivity contribution is -0.113. The van der Waals surface area contributed by atoms with Crippen molar-refractivity contribution in [2.24, 2.45) is 0 Å². The molecule has 1 aromatic heterocycles. The Morgan fingerprint density at radius 3 is 2.52 bits per heavy atom. The van der Waals surface area contributed by atoms with E-state index in [-0.39, 0.29) is 11.3 Å². The van der Waals surface area contributed by atoms with Gasteiger partial charge in [0, 0.05) is 11.4 Å². The predicted molar refractivity (Wildman–Crippen MR) is 181 cm³/mol. The molecule has 4 aromatic rings. The van der Waals surface area contributed by atoms with Crippen molar-refractivity contribution in [1.29, 1.82) is 0 Å². The molecule has 1 aliphatic heterocycles. The van der Waals surface area contributed by atoms with Crippen LogP contribution in [0.2, 0.25) is 0 Å². The lowest BCUT2D eigenvalue weighted by atomic mass is 9.87. The number of aromatic nitrogens is 3. The molecule has 3 aromatic carbocycles. The van der Waals surface area contributed by atoms with Crippen LogP contribution in [0.25, 0.3) is 0 Å². The quantitative estimate of drug-likeness (QED) is 0.173. The lowest BCUT2D eigenvalue weighted by Gasteiger charge is -2.29. The minimum Gasteiger partial charge on any atom is -0.493 e. The normalized spacial score (nSPS) is 14.6. The van der Waals surface area contributed by atoms with Gasteiger partial charge in [-0.3, -0.25) is 4.79 Å². The van der Waals surface area contributed by atoms with E-state index in [4.69, 9.17) is 19.6 Å². The number of carbonyl (C=O) groups excluding carboxylic acids is 1. The number of allylic oxidation sites excluding steroid dienone is 1. The van der Waals surface area contributed by atoms with Gasteiger partial charge in [-0.25, -0.2) is 4.68 Å². The van der Waals surface area contributed by atoms with Gasteiger partial charge in [0.05, 0.1) is 17.2 Å². The van der Waals surface area contributed by atoms with Crippen molar-refractivity contribution in [2.75, 3.05) is 23.5 Å². The number of hydrogen-bond acceptors (Lipinski definition) is 7. The maximum Gasteiger partial charge on any atom is 0.255 e. The average Bonchev–Trinajstić information content (AvgIpc) is 3.37. The van der Waals surface area contributed by atoms with Gasteiger partial charge < -0.3 is 20.1 Å². The number of nitrogens with zero attached hydrogens (tertiary/aromatic N) is 3. The fourth-order valence-corrected chi connectivity index (χ4v) is 6.27. The minimum atomic E-state index is -0.570. The number of nitrogens with one attached hydrogen (secondary N) is 2. The molecule has 0 saturated heterocycles. The highest BCUT2D eigenvalue weighted by Gasteiger charge is 2.35. The second-order valence-corrected chi connectivity index (χ2v) is 13.8. The van der Waals surface area contributed by atoms with Crippen LogP contribution in [0.3, 0.4) is 0 Å². The molecule has 2 N–H and O–H groups in total. The molecule has 5 rings (SSSR count). The van der Waals surface area contributed by atoms with Gasteiger partial charge in [-0.2, -0.15) is 4.98 Å². The summed E-state index contributed by atoms with van der Waals surface area (Å²) in [6, 6.07) is 19.5. The first-order valence-corrected chi connectivity index (χ1v) is 16.3. The number of rotatable bonds is 9. The first-order valence-electron chi connectivity index (χ1n) is 14.5. The average molecular weight is 677 g/mol. The maximum atomic E-state index is 13.9. The molecular weight excluding hydrogens is 638 g/mol. The van der Waals surface area contributed by atoms with Crippen LogP contribution in [0.5, 0.6) is 11.5 Å². The number of methoxy groups -OCH3 is 1. The smallest absolute Gasteiger partial charge is 0.255 e. The minimum absolute atomic E-state index is 0.0820. The molecule has 0 bridgehead atoms. The zero-order chi connectivity index (χ0) is 31.6. The molecule has 0 fully saturated rings. The number of halogens is 1. The topological polar surface area (TPSA) is 90.3 Å². The summed E-state index contributed by atoms with van der Waals surface area (Å²) in [4.78, 5) is 18.6. The largest absolute Gasteiger partial charge is 0.493 e. The molecule has 230 valence electrons. The molecule has 0 aliphatic carbocycles. The summed E-state index contributed by atoms with van der Waals surface area (Å²) in [5.41, 5.74) is 6.20. The van der Waals surface area contributed by atoms with Crippen LogP contribution in [0.4, 0.5) is 11.6 Å². The van der Waals surface area contributed by atoms with Gasteiger partial charge in [-0.1, -0.05) is 75.9 Å². The van der Waals surface area contributed by atoms with Crippen molar-refractivity contribution in [3.8, 4) is 11.5 Å². The van der Waals surface area contributed by atoms with Crippen LogP contribution in [0, 0.1) is 6.92 Å². The van der Waals surface area contributed by atoms with Crippen LogP contribution >= 0.6 is 27.7 Å². The number of anilines is 2. The summed E-state index contributed by atoms with van der Waals surface area (Å²) in [7, 11) is 1.61. The van der Waals surface area contributed by atoms with E-state index in [1.807, 2.05) is 50.2 Å².